The average Bonchev–Trinajstić information content (AvgIpc) is 2.45. The third-order valence-corrected chi connectivity index (χ3v) is 6.17. The summed E-state index contributed by atoms with van der Waals surface area (Å²) in [5.74, 6) is 3.25. The van der Waals surface area contributed by atoms with Gasteiger partial charge in [-0.15, -0.1) is 0 Å². The zero-order valence-electron chi connectivity index (χ0n) is 13.7. The Bertz CT molecular complexity index is 453. The zero-order chi connectivity index (χ0) is 14.8. The number of hydrogen-bond acceptors (Lipinski definition) is 1. The molecule has 2 fully saturated rings. The lowest BCUT2D eigenvalue weighted by Crippen LogP contribution is -2.29. The summed E-state index contributed by atoms with van der Waals surface area (Å²) in [6.07, 6.45) is 9.52. The highest BCUT2D eigenvalue weighted by Crippen LogP contribution is 2.43. The first-order valence-corrected chi connectivity index (χ1v) is 9.01. The topological polar surface area (TPSA) is 26.0 Å². The van der Waals surface area contributed by atoms with E-state index in [1.54, 1.807) is 5.56 Å². The Labute approximate surface area is 130 Å². The zero-order valence-corrected chi connectivity index (χ0v) is 13.7. The van der Waals surface area contributed by atoms with Crippen molar-refractivity contribution in [2.24, 2.45) is 23.5 Å². The molecule has 0 aromatic heterocycles. The number of nitrogens with two attached hydrogens (primary N) is 1. The van der Waals surface area contributed by atoms with Crippen molar-refractivity contribution in [2.75, 3.05) is 0 Å². The van der Waals surface area contributed by atoms with Gasteiger partial charge in [0.2, 0.25) is 0 Å². The van der Waals surface area contributed by atoms with Crippen LogP contribution in [0.1, 0.15) is 81.9 Å². The van der Waals surface area contributed by atoms with E-state index < -0.39 is 0 Å². The normalized spacial score (nSPS) is 28.4. The molecule has 0 bridgehead atoms. The first-order valence-electron chi connectivity index (χ1n) is 9.01. The summed E-state index contributed by atoms with van der Waals surface area (Å²) in [5.41, 5.74) is 9.72. The molecule has 116 valence electrons. The lowest BCUT2D eigenvalue weighted by Gasteiger charge is -2.36. The maximum Gasteiger partial charge on any atom is 0.0326 e. The summed E-state index contributed by atoms with van der Waals surface area (Å²) in [7, 11) is 0. The van der Waals surface area contributed by atoms with Gasteiger partial charge in [0.25, 0.3) is 0 Å². The van der Waals surface area contributed by atoms with Crippen LogP contribution in [0.3, 0.4) is 0 Å². The summed E-state index contributed by atoms with van der Waals surface area (Å²) in [6.45, 7) is 4.74. The van der Waals surface area contributed by atoms with E-state index in [1.165, 1.54) is 50.5 Å². The average molecular weight is 285 g/mol. The maximum absolute atomic E-state index is 6.71. The largest absolute Gasteiger partial charge is 0.324 e. The van der Waals surface area contributed by atoms with Crippen molar-refractivity contribution in [1.29, 1.82) is 0 Å². The highest BCUT2D eigenvalue weighted by Gasteiger charge is 2.30. The van der Waals surface area contributed by atoms with E-state index in [2.05, 4.69) is 38.1 Å². The molecule has 21 heavy (non-hydrogen) atoms. The second-order valence-electron chi connectivity index (χ2n) is 7.70. The molecule has 0 saturated heterocycles. The molecule has 2 aliphatic carbocycles. The van der Waals surface area contributed by atoms with E-state index in [0.29, 0.717) is 5.92 Å². The van der Waals surface area contributed by atoms with Gasteiger partial charge in [0.1, 0.15) is 0 Å². The van der Waals surface area contributed by atoms with Gasteiger partial charge < -0.3 is 5.73 Å². The van der Waals surface area contributed by atoms with Crippen LogP contribution in [0.2, 0.25) is 0 Å². The van der Waals surface area contributed by atoms with E-state index >= 15 is 0 Å². The lowest BCUT2D eigenvalue weighted by molar-refractivity contribution is 0.203. The molecule has 2 N–H and O–H groups in total. The minimum absolute atomic E-state index is 0.259. The highest BCUT2D eigenvalue weighted by molar-refractivity contribution is 5.34. The minimum Gasteiger partial charge on any atom is -0.324 e. The fraction of sp³-hybridized carbons (Fsp3) is 0.700. The van der Waals surface area contributed by atoms with Crippen molar-refractivity contribution in [2.45, 2.75) is 70.8 Å². The predicted molar refractivity (Wildman–Crippen MR) is 90.2 cm³/mol. The van der Waals surface area contributed by atoms with Gasteiger partial charge in [0.15, 0.2) is 0 Å². The molecule has 0 radical (unpaired) electrons. The number of benzene rings is 1. The Hall–Kier alpha value is -0.820. The van der Waals surface area contributed by atoms with Crippen LogP contribution in [-0.2, 0) is 0 Å². The van der Waals surface area contributed by atoms with Gasteiger partial charge in [0, 0.05) is 6.04 Å². The molecule has 0 amide bonds. The first kappa shape index (κ1) is 15.1. The summed E-state index contributed by atoms with van der Waals surface area (Å²) in [4.78, 5) is 0. The molecule has 0 heterocycles. The van der Waals surface area contributed by atoms with Crippen molar-refractivity contribution in [3.63, 3.8) is 0 Å². The lowest BCUT2D eigenvalue weighted by atomic mass is 9.71. The molecule has 2 saturated carbocycles. The van der Waals surface area contributed by atoms with Crippen LogP contribution in [0.15, 0.2) is 24.3 Å². The Morgan fingerprint density at radius 3 is 2.10 bits per heavy atom. The maximum atomic E-state index is 6.71. The van der Waals surface area contributed by atoms with Crippen LogP contribution in [0.4, 0.5) is 0 Å². The van der Waals surface area contributed by atoms with Crippen molar-refractivity contribution in [3.8, 4) is 0 Å². The van der Waals surface area contributed by atoms with Gasteiger partial charge in [-0.2, -0.15) is 0 Å². The highest BCUT2D eigenvalue weighted by atomic mass is 14.7. The Balaban J connectivity index is 1.69. The summed E-state index contributed by atoms with van der Waals surface area (Å²) < 4.78 is 0. The Kier molecular flexibility index (Phi) is 4.69. The molecule has 1 unspecified atom stereocenters. The minimum atomic E-state index is 0.259. The van der Waals surface area contributed by atoms with Crippen LogP contribution in [0, 0.1) is 17.8 Å². The fourth-order valence-electron chi connectivity index (χ4n) is 4.33. The van der Waals surface area contributed by atoms with E-state index in [-0.39, 0.29) is 6.04 Å². The fourth-order valence-corrected chi connectivity index (χ4v) is 4.33. The molecule has 2 aliphatic rings. The molecule has 0 spiro atoms. The first-order chi connectivity index (χ1) is 10.2. The SMILES string of the molecule is CC(C)C1CCC(C(N)c2ccccc2C2CCC2)CC1. The molecular weight excluding hydrogens is 254 g/mol. The van der Waals surface area contributed by atoms with Gasteiger partial charge in [-0.25, -0.2) is 0 Å². The second-order valence-corrected chi connectivity index (χ2v) is 7.70. The third-order valence-electron chi connectivity index (χ3n) is 6.17. The summed E-state index contributed by atoms with van der Waals surface area (Å²) in [5, 5.41) is 0. The van der Waals surface area contributed by atoms with E-state index in [4.69, 9.17) is 5.73 Å². The predicted octanol–water partition coefficient (Wildman–Crippen LogP) is 5.42. The van der Waals surface area contributed by atoms with E-state index in [1.807, 2.05) is 0 Å². The van der Waals surface area contributed by atoms with Crippen LogP contribution in [0.5, 0.6) is 0 Å². The Morgan fingerprint density at radius 1 is 0.905 bits per heavy atom. The molecule has 3 rings (SSSR count). The van der Waals surface area contributed by atoms with Crippen molar-refractivity contribution in [1.82, 2.24) is 0 Å². The number of rotatable bonds is 4. The molecular formula is C20H31N. The third kappa shape index (κ3) is 3.18. The standard InChI is InChI=1S/C20H31N/c1-14(2)15-10-12-17(13-11-15)20(21)19-9-4-3-8-18(19)16-6-5-7-16/h3-4,8-9,14-17,20H,5-7,10-13,21H2,1-2H3. The molecule has 1 heteroatoms. The van der Waals surface area contributed by atoms with Gasteiger partial charge in [0.05, 0.1) is 0 Å². The van der Waals surface area contributed by atoms with Crippen LogP contribution >= 0.6 is 0 Å². The summed E-state index contributed by atoms with van der Waals surface area (Å²) >= 11 is 0. The van der Waals surface area contributed by atoms with Gasteiger partial charge in [-0.3, -0.25) is 0 Å². The van der Waals surface area contributed by atoms with Gasteiger partial charge in [-0.1, -0.05) is 44.5 Å². The van der Waals surface area contributed by atoms with Gasteiger partial charge >= 0.3 is 0 Å². The van der Waals surface area contributed by atoms with Crippen molar-refractivity contribution >= 4 is 0 Å². The molecule has 1 aromatic rings. The monoisotopic (exact) mass is 285 g/mol. The van der Waals surface area contributed by atoms with Crippen LogP contribution in [0.25, 0.3) is 0 Å². The molecule has 1 nitrogen and oxygen atoms in total. The van der Waals surface area contributed by atoms with E-state index in [0.717, 1.165) is 17.8 Å². The van der Waals surface area contributed by atoms with Crippen molar-refractivity contribution in [3.05, 3.63) is 35.4 Å². The smallest absolute Gasteiger partial charge is 0.0326 e. The van der Waals surface area contributed by atoms with E-state index in [9.17, 15) is 0 Å². The molecule has 1 atom stereocenters. The van der Waals surface area contributed by atoms with Crippen LogP contribution in [-0.4, -0.2) is 0 Å². The molecule has 0 aliphatic heterocycles. The second kappa shape index (κ2) is 6.52. The molecule has 1 aromatic carbocycles. The quantitative estimate of drug-likeness (QED) is 0.785. The number of hydrogen-bond donors (Lipinski definition) is 1. The van der Waals surface area contributed by atoms with Crippen molar-refractivity contribution < 1.29 is 0 Å². The van der Waals surface area contributed by atoms with Gasteiger partial charge in [-0.05, 0) is 73.3 Å². The Morgan fingerprint density at radius 2 is 1.52 bits per heavy atom. The summed E-state index contributed by atoms with van der Waals surface area (Å²) in [6, 6.07) is 9.26. The van der Waals surface area contributed by atoms with Crippen LogP contribution < -0.4 is 5.73 Å².